The number of carbonyl (C=O) groups excluding carboxylic acids is 1. The van der Waals surface area contributed by atoms with E-state index in [9.17, 15) is 4.79 Å². The minimum absolute atomic E-state index is 0.608. The summed E-state index contributed by atoms with van der Waals surface area (Å²) in [6.07, 6.45) is 5.82. The van der Waals surface area contributed by atoms with Crippen LogP contribution < -0.4 is 0 Å². The molecule has 28 heavy (non-hydrogen) atoms. The molecule has 1 aromatic heterocycles. The van der Waals surface area contributed by atoms with E-state index in [1.165, 1.54) is 22.3 Å². The average Bonchev–Trinajstić information content (AvgIpc) is 3.03. The SMILES string of the molecule is CC/C=C(/Cn1c(SCCCC=O)nc2ccccc21)c1c(C)cccc1C. The van der Waals surface area contributed by atoms with Crippen molar-refractivity contribution < 1.29 is 4.79 Å². The summed E-state index contributed by atoms with van der Waals surface area (Å²) in [5.74, 6) is 0.901. The Morgan fingerprint density at radius 3 is 2.57 bits per heavy atom. The van der Waals surface area contributed by atoms with Crippen LogP contribution in [0.3, 0.4) is 0 Å². The number of hydrogen-bond donors (Lipinski definition) is 0. The van der Waals surface area contributed by atoms with E-state index in [0.717, 1.165) is 47.6 Å². The van der Waals surface area contributed by atoms with Gasteiger partial charge in [0.1, 0.15) is 6.29 Å². The quantitative estimate of drug-likeness (QED) is 0.246. The van der Waals surface area contributed by atoms with E-state index in [-0.39, 0.29) is 0 Å². The van der Waals surface area contributed by atoms with Crippen molar-refractivity contribution in [3.63, 3.8) is 0 Å². The summed E-state index contributed by atoms with van der Waals surface area (Å²) in [6, 6.07) is 14.8. The number of carbonyl (C=O) groups is 1. The molecule has 0 N–H and O–H groups in total. The number of benzene rings is 2. The van der Waals surface area contributed by atoms with Gasteiger partial charge in [-0.2, -0.15) is 0 Å². The van der Waals surface area contributed by atoms with E-state index >= 15 is 0 Å². The Morgan fingerprint density at radius 2 is 1.86 bits per heavy atom. The second kappa shape index (κ2) is 9.74. The first kappa shape index (κ1) is 20.4. The lowest BCUT2D eigenvalue weighted by atomic mass is 9.95. The molecule has 3 nitrogen and oxygen atoms in total. The van der Waals surface area contributed by atoms with Gasteiger partial charge in [0.15, 0.2) is 5.16 Å². The van der Waals surface area contributed by atoms with Crippen molar-refractivity contribution in [2.75, 3.05) is 5.75 Å². The number of aldehydes is 1. The van der Waals surface area contributed by atoms with Gasteiger partial charge in [-0.3, -0.25) is 0 Å². The molecule has 0 saturated heterocycles. The first-order valence-electron chi connectivity index (χ1n) is 9.93. The lowest BCUT2D eigenvalue weighted by Crippen LogP contribution is -2.05. The van der Waals surface area contributed by atoms with Gasteiger partial charge < -0.3 is 9.36 Å². The maximum absolute atomic E-state index is 10.6. The van der Waals surface area contributed by atoms with Gasteiger partial charge in [-0.25, -0.2) is 4.98 Å². The van der Waals surface area contributed by atoms with Crippen molar-refractivity contribution in [3.8, 4) is 0 Å². The molecule has 3 aromatic rings. The zero-order valence-electron chi connectivity index (χ0n) is 16.9. The topological polar surface area (TPSA) is 34.9 Å². The van der Waals surface area contributed by atoms with Crippen LogP contribution in [0.15, 0.2) is 53.7 Å². The zero-order chi connectivity index (χ0) is 19.9. The van der Waals surface area contributed by atoms with E-state index in [4.69, 9.17) is 4.98 Å². The summed E-state index contributed by atoms with van der Waals surface area (Å²) in [4.78, 5) is 15.5. The number of imidazole rings is 1. The van der Waals surface area contributed by atoms with Gasteiger partial charge in [0.2, 0.25) is 0 Å². The molecule has 0 amide bonds. The van der Waals surface area contributed by atoms with Crippen molar-refractivity contribution in [1.82, 2.24) is 9.55 Å². The highest BCUT2D eigenvalue weighted by atomic mass is 32.2. The molecule has 0 bridgehead atoms. The van der Waals surface area contributed by atoms with Crippen LogP contribution in [0, 0.1) is 13.8 Å². The number of fused-ring (bicyclic) bond motifs is 1. The zero-order valence-corrected chi connectivity index (χ0v) is 17.8. The third kappa shape index (κ3) is 4.56. The molecule has 2 aromatic carbocycles. The van der Waals surface area contributed by atoms with E-state index in [1.54, 1.807) is 11.8 Å². The Hall–Kier alpha value is -2.33. The number of para-hydroxylation sites is 2. The summed E-state index contributed by atoms with van der Waals surface area (Å²) in [5, 5.41) is 1.03. The molecule has 0 aliphatic rings. The highest BCUT2D eigenvalue weighted by molar-refractivity contribution is 7.99. The van der Waals surface area contributed by atoms with Crippen molar-refractivity contribution in [1.29, 1.82) is 0 Å². The third-order valence-corrected chi connectivity index (χ3v) is 5.96. The number of aromatic nitrogens is 2. The summed E-state index contributed by atoms with van der Waals surface area (Å²) in [7, 11) is 0. The molecule has 0 fully saturated rings. The van der Waals surface area contributed by atoms with Gasteiger partial charge in [-0.15, -0.1) is 0 Å². The van der Waals surface area contributed by atoms with Crippen LogP contribution in [-0.4, -0.2) is 21.6 Å². The maximum Gasteiger partial charge on any atom is 0.169 e. The van der Waals surface area contributed by atoms with Gasteiger partial charge in [0, 0.05) is 12.2 Å². The number of thioether (sulfide) groups is 1. The van der Waals surface area contributed by atoms with Gasteiger partial charge >= 0.3 is 0 Å². The molecule has 0 aliphatic heterocycles. The van der Waals surface area contributed by atoms with E-state index in [1.807, 2.05) is 6.07 Å². The summed E-state index contributed by atoms with van der Waals surface area (Å²) in [6.45, 7) is 7.37. The van der Waals surface area contributed by atoms with E-state index in [2.05, 4.69) is 67.8 Å². The Bertz CT molecular complexity index is 967. The molecule has 0 radical (unpaired) electrons. The van der Waals surface area contributed by atoms with Crippen LogP contribution in [0.25, 0.3) is 16.6 Å². The molecular formula is C24H28N2OS. The number of aryl methyl sites for hydroxylation is 2. The second-order valence-electron chi connectivity index (χ2n) is 7.03. The number of nitrogens with zero attached hydrogens (tertiary/aromatic N) is 2. The van der Waals surface area contributed by atoms with Crippen LogP contribution in [0.4, 0.5) is 0 Å². The predicted molar refractivity (Wildman–Crippen MR) is 120 cm³/mol. The fraction of sp³-hybridized carbons (Fsp3) is 0.333. The lowest BCUT2D eigenvalue weighted by Gasteiger charge is -2.17. The van der Waals surface area contributed by atoms with Crippen molar-refractivity contribution >= 4 is 34.7 Å². The van der Waals surface area contributed by atoms with Gasteiger partial charge in [0.25, 0.3) is 0 Å². The summed E-state index contributed by atoms with van der Waals surface area (Å²) >= 11 is 1.74. The maximum atomic E-state index is 10.6. The molecule has 0 unspecified atom stereocenters. The van der Waals surface area contributed by atoms with Crippen molar-refractivity contribution in [2.45, 2.75) is 51.7 Å². The van der Waals surface area contributed by atoms with Crippen molar-refractivity contribution in [3.05, 3.63) is 65.2 Å². The molecule has 146 valence electrons. The first-order chi connectivity index (χ1) is 13.7. The fourth-order valence-electron chi connectivity index (χ4n) is 3.63. The molecule has 3 rings (SSSR count). The highest BCUT2D eigenvalue weighted by Gasteiger charge is 2.15. The fourth-order valence-corrected chi connectivity index (χ4v) is 4.61. The largest absolute Gasteiger partial charge is 0.314 e. The first-order valence-corrected chi connectivity index (χ1v) is 10.9. The van der Waals surface area contributed by atoms with E-state index in [0.29, 0.717) is 6.42 Å². The smallest absolute Gasteiger partial charge is 0.169 e. The highest BCUT2D eigenvalue weighted by Crippen LogP contribution is 2.30. The molecule has 0 aliphatic carbocycles. The third-order valence-electron chi connectivity index (χ3n) is 4.90. The van der Waals surface area contributed by atoms with Crippen LogP contribution in [0.1, 0.15) is 42.9 Å². The minimum Gasteiger partial charge on any atom is -0.314 e. The predicted octanol–water partition coefficient (Wildman–Crippen LogP) is 6.22. The average molecular weight is 393 g/mol. The number of allylic oxidation sites excluding steroid dienone is 2. The van der Waals surface area contributed by atoms with Gasteiger partial charge in [0.05, 0.1) is 17.6 Å². The Labute approximate surface area is 171 Å². The Morgan fingerprint density at radius 1 is 1.11 bits per heavy atom. The van der Waals surface area contributed by atoms with Crippen molar-refractivity contribution in [2.24, 2.45) is 0 Å². The Kier molecular flexibility index (Phi) is 7.10. The summed E-state index contributed by atoms with van der Waals surface area (Å²) < 4.78 is 2.33. The Balaban J connectivity index is 2.00. The monoisotopic (exact) mass is 392 g/mol. The van der Waals surface area contributed by atoms with Crippen LogP contribution in [-0.2, 0) is 11.3 Å². The van der Waals surface area contributed by atoms with E-state index < -0.39 is 0 Å². The lowest BCUT2D eigenvalue weighted by molar-refractivity contribution is -0.107. The standard InChI is InChI=1S/C24H28N2OS/c1-4-10-20(23-18(2)11-9-12-19(23)3)17-26-22-14-6-5-13-21(22)25-24(26)28-16-8-7-15-27/h5-6,9-15H,4,7-8,16-17H2,1-3H3/b20-10-. The second-order valence-corrected chi connectivity index (χ2v) is 8.09. The molecular weight excluding hydrogens is 364 g/mol. The molecule has 0 saturated carbocycles. The van der Waals surface area contributed by atoms with Crippen LogP contribution >= 0.6 is 11.8 Å². The number of rotatable bonds is 9. The number of unbranched alkanes of at least 4 members (excludes halogenated alkanes) is 1. The normalized spacial score (nSPS) is 11.9. The number of hydrogen-bond acceptors (Lipinski definition) is 3. The van der Waals surface area contributed by atoms with Crippen LogP contribution in [0.2, 0.25) is 0 Å². The summed E-state index contributed by atoms with van der Waals surface area (Å²) in [5.41, 5.74) is 7.50. The van der Waals surface area contributed by atoms with Crippen LogP contribution in [0.5, 0.6) is 0 Å². The molecule has 4 heteroatoms. The molecule has 0 atom stereocenters. The molecule has 0 spiro atoms. The molecule has 1 heterocycles. The minimum atomic E-state index is 0.608. The van der Waals surface area contributed by atoms with Gasteiger partial charge in [-0.05, 0) is 61.1 Å². The van der Waals surface area contributed by atoms with Gasteiger partial charge in [-0.1, -0.05) is 55.1 Å².